The van der Waals surface area contributed by atoms with E-state index >= 15 is 0 Å². The van der Waals surface area contributed by atoms with E-state index in [4.69, 9.17) is 28.3 Å². The van der Waals surface area contributed by atoms with Crippen LogP contribution >= 0.6 is 23.2 Å². The SMILES string of the molecule is Cn1nccc1C(=O)Nc1c(Cl)ccc(Cl)c1C(=O)O. The highest BCUT2D eigenvalue weighted by atomic mass is 35.5. The van der Waals surface area contributed by atoms with Gasteiger partial charge in [0.2, 0.25) is 0 Å². The molecule has 1 heterocycles. The number of halogens is 2. The number of nitrogens with one attached hydrogen (secondary N) is 1. The number of carboxylic acid groups (broad SMARTS) is 1. The Labute approximate surface area is 123 Å². The van der Waals surface area contributed by atoms with E-state index in [1.807, 2.05) is 0 Å². The number of aryl methyl sites for hydroxylation is 1. The van der Waals surface area contributed by atoms with Gasteiger partial charge in [0.15, 0.2) is 0 Å². The van der Waals surface area contributed by atoms with E-state index in [0.29, 0.717) is 0 Å². The molecule has 0 aliphatic carbocycles. The molecule has 104 valence electrons. The average Bonchev–Trinajstić information content (AvgIpc) is 2.79. The molecule has 6 nitrogen and oxygen atoms in total. The molecule has 1 amide bonds. The molecule has 0 radical (unpaired) electrons. The van der Waals surface area contributed by atoms with E-state index in [-0.39, 0.29) is 27.0 Å². The Morgan fingerprint density at radius 2 is 1.90 bits per heavy atom. The van der Waals surface area contributed by atoms with Gasteiger partial charge in [-0.3, -0.25) is 9.48 Å². The third-order valence-corrected chi connectivity index (χ3v) is 3.24. The van der Waals surface area contributed by atoms with Crippen molar-refractivity contribution in [1.82, 2.24) is 9.78 Å². The molecule has 1 aromatic heterocycles. The first-order chi connectivity index (χ1) is 9.41. The Balaban J connectivity index is 2.44. The Hall–Kier alpha value is -2.05. The number of carbonyl (C=O) groups excluding carboxylic acids is 1. The van der Waals surface area contributed by atoms with Crippen LogP contribution in [-0.4, -0.2) is 26.8 Å². The average molecular weight is 314 g/mol. The van der Waals surface area contributed by atoms with Crippen LogP contribution in [0.15, 0.2) is 24.4 Å². The van der Waals surface area contributed by atoms with Crippen molar-refractivity contribution in [3.8, 4) is 0 Å². The zero-order valence-corrected chi connectivity index (χ0v) is 11.7. The van der Waals surface area contributed by atoms with E-state index in [0.717, 1.165) is 0 Å². The number of carboxylic acids is 1. The third-order valence-electron chi connectivity index (χ3n) is 2.61. The van der Waals surface area contributed by atoms with Crippen LogP contribution in [0.25, 0.3) is 0 Å². The van der Waals surface area contributed by atoms with Gasteiger partial charge < -0.3 is 10.4 Å². The topological polar surface area (TPSA) is 84.2 Å². The minimum absolute atomic E-state index is 0.0118. The van der Waals surface area contributed by atoms with Crippen LogP contribution in [0.4, 0.5) is 5.69 Å². The Morgan fingerprint density at radius 1 is 1.25 bits per heavy atom. The van der Waals surface area contributed by atoms with Gasteiger partial charge in [-0.2, -0.15) is 5.10 Å². The molecule has 0 saturated heterocycles. The minimum Gasteiger partial charge on any atom is -0.478 e. The molecule has 0 saturated carbocycles. The van der Waals surface area contributed by atoms with Crippen molar-refractivity contribution in [2.24, 2.45) is 7.05 Å². The summed E-state index contributed by atoms with van der Waals surface area (Å²) in [7, 11) is 1.59. The summed E-state index contributed by atoms with van der Waals surface area (Å²) in [5.74, 6) is -1.81. The maximum atomic E-state index is 12.1. The van der Waals surface area contributed by atoms with E-state index in [2.05, 4.69) is 10.4 Å². The second-order valence-corrected chi connectivity index (χ2v) is 4.69. The van der Waals surface area contributed by atoms with Crippen molar-refractivity contribution in [2.75, 3.05) is 5.32 Å². The predicted molar refractivity (Wildman–Crippen MR) is 74.6 cm³/mol. The van der Waals surface area contributed by atoms with Crippen molar-refractivity contribution in [3.63, 3.8) is 0 Å². The molecule has 0 aliphatic rings. The Morgan fingerprint density at radius 3 is 2.45 bits per heavy atom. The smallest absolute Gasteiger partial charge is 0.339 e. The predicted octanol–water partition coefficient (Wildman–Crippen LogP) is 2.68. The molecular weight excluding hydrogens is 305 g/mol. The molecule has 0 fully saturated rings. The quantitative estimate of drug-likeness (QED) is 0.912. The number of amides is 1. The summed E-state index contributed by atoms with van der Waals surface area (Å²) in [6, 6.07) is 4.26. The van der Waals surface area contributed by atoms with Crippen molar-refractivity contribution in [1.29, 1.82) is 0 Å². The summed E-state index contributed by atoms with van der Waals surface area (Å²) < 4.78 is 1.36. The molecular formula is C12H9Cl2N3O3. The molecule has 2 aromatic rings. The van der Waals surface area contributed by atoms with Gasteiger partial charge in [-0.15, -0.1) is 0 Å². The normalized spacial score (nSPS) is 10.3. The lowest BCUT2D eigenvalue weighted by molar-refractivity contribution is 0.0698. The number of aromatic carboxylic acids is 1. The molecule has 0 atom stereocenters. The van der Waals surface area contributed by atoms with Crippen LogP contribution < -0.4 is 5.32 Å². The third kappa shape index (κ3) is 2.61. The molecule has 2 N–H and O–H groups in total. The Bertz CT molecular complexity index is 697. The second-order valence-electron chi connectivity index (χ2n) is 3.88. The van der Waals surface area contributed by atoms with Gasteiger partial charge >= 0.3 is 5.97 Å². The number of hydrogen-bond donors (Lipinski definition) is 2. The summed E-state index contributed by atoms with van der Waals surface area (Å²) in [4.78, 5) is 23.3. The number of aromatic nitrogens is 2. The van der Waals surface area contributed by atoms with Gasteiger partial charge in [0.1, 0.15) is 11.3 Å². The molecule has 2 rings (SSSR count). The van der Waals surface area contributed by atoms with Gasteiger partial charge in [0.05, 0.1) is 15.7 Å². The van der Waals surface area contributed by atoms with Crippen LogP contribution in [0.1, 0.15) is 20.8 Å². The van der Waals surface area contributed by atoms with Crippen LogP contribution in [0.2, 0.25) is 10.0 Å². The lowest BCUT2D eigenvalue weighted by Gasteiger charge is -2.11. The molecule has 0 bridgehead atoms. The van der Waals surface area contributed by atoms with Gasteiger partial charge in [-0.05, 0) is 18.2 Å². The molecule has 0 spiro atoms. The van der Waals surface area contributed by atoms with E-state index in [1.165, 1.54) is 29.1 Å². The van der Waals surface area contributed by atoms with Crippen LogP contribution in [0.3, 0.4) is 0 Å². The monoisotopic (exact) mass is 313 g/mol. The summed E-state index contributed by atoms with van der Waals surface area (Å²) in [6.07, 6.45) is 1.45. The zero-order chi connectivity index (χ0) is 14.9. The molecule has 1 aromatic carbocycles. The number of benzene rings is 1. The maximum Gasteiger partial charge on any atom is 0.339 e. The number of nitrogens with zero attached hydrogens (tertiary/aromatic N) is 2. The first-order valence-corrected chi connectivity index (χ1v) is 6.18. The van der Waals surface area contributed by atoms with Crippen LogP contribution in [-0.2, 0) is 7.05 Å². The summed E-state index contributed by atoms with van der Waals surface area (Å²) >= 11 is 11.8. The van der Waals surface area contributed by atoms with Crippen molar-refractivity contribution in [3.05, 3.63) is 45.7 Å². The molecule has 20 heavy (non-hydrogen) atoms. The van der Waals surface area contributed by atoms with Crippen LogP contribution in [0, 0.1) is 0 Å². The van der Waals surface area contributed by atoms with E-state index in [1.54, 1.807) is 7.05 Å². The van der Waals surface area contributed by atoms with Crippen LogP contribution in [0.5, 0.6) is 0 Å². The highest BCUT2D eigenvalue weighted by Gasteiger charge is 2.21. The zero-order valence-electron chi connectivity index (χ0n) is 10.2. The number of anilines is 1. The molecule has 0 unspecified atom stereocenters. The maximum absolute atomic E-state index is 12.1. The first kappa shape index (κ1) is 14.4. The fourth-order valence-corrected chi connectivity index (χ4v) is 2.10. The largest absolute Gasteiger partial charge is 0.478 e. The number of hydrogen-bond acceptors (Lipinski definition) is 3. The van der Waals surface area contributed by atoms with Crippen molar-refractivity contribution >= 4 is 40.8 Å². The van der Waals surface area contributed by atoms with Gasteiger partial charge in [-0.1, -0.05) is 23.2 Å². The second kappa shape index (κ2) is 5.52. The minimum atomic E-state index is -1.28. The highest BCUT2D eigenvalue weighted by molar-refractivity contribution is 6.38. The molecule has 0 aliphatic heterocycles. The highest BCUT2D eigenvalue weighted by Crippen LogP contribution is 2.32. The summed E-state index contributed by atoms with van der Waals surface area (Å²) in [5, 5.41) is 15.5. The fourth-order valence-electron chi connectivity index (χ4n) is 1.66. The van der Waals surface area contributed by atoms with Gasteiger partial charge in [0, 0.05) is 13.2 Å². The standard InChI is InChI=1S/C12H9Cl2N3O3/c1-17-8(4-5-15-17)11(18)16-10-7(14)3-2-6(13)9(10)12(19)20/h2-5H,1H3,(H,16,18)(H,19,20). The van der Waals surface area contributed by atoms with E-state index < -0.39 is 11.9 Å². The van der Waals surface area contributed by atoms with Gasteiger partial charge in [0.25, 0.3) is 5.91 Å². The lowest BCUT2D eigenvalue weighted by Crippen LogP contribution is -2.18. The number of rotatable bonds is 3. The first-order valence-electron chi connectivity index (χ1n) is 5.42. The van der Waals surface area contributed by atoms with E-state index in [9.17, 15) is 9.59 Å². The van der Waals surface area contributed by atoms with Crippen molar-refractivity contribution in [2.45, 2.75) is 0 Å². The lowest BCUT2D eigenvalue weighted by atomic mass is 10.1. The number of carbonyl (C=O) groups is 2. The Kier molecular flexibility index (Phi) is 3.96. The van der Waals surface area contributed by atoms with Gasteiger partial charge in [-0.25, -0.2) is 4.79 Å². The summed E-state index contributed by atoms with van der Waals surface area (Å²) in [5.41, 5.74) is -0.0371. The van der Waals surface area contributed by atoms with Crippen molar-refractivity contribution < 1.29 is 14.7 Å². The molecule has 8 heteroatoms. The summed E-state index contributed by atoms with van der Waals surface area (Å²) in [6.45, 7) is 0. The fraction of sp³-hybridized carbons (Fsp3) is 0.0833.